The maximum Gasteiger partial charge on any atom is 0.417 e. The number of rotatable bonds is 3. The largest absolute Gasteiger partial charge is 0.458 e. The Hall–Kier alpha value is -2.03. The molecule has 0 N–H and O–H groups in total. The number of hydrogen-bond acceptors (Lipinski definition) is 5. The minimum atomic E-state index is -4.71. The van der Waals surface area contributed by atoms with Gasteiger partial charge < -0.3 is 4.74 Å². The molecule has 9 heteroatoms. The Morgan fingerprint density at radius 1 is 1.33 bits per heavy atom. The van der Waals surface area contributed by atoms with Crippen molar-refractivity contribution in [1.82, 2.24) is 10.2 Å². The van der Waals surface area contributed by atoms with Gasteiger partial charge in [0, 0.05) is 12.5 Å². The summed E-state index contributed by atoms with van der Waals surface area (Å²) in [5.74, 6) is -1.53. The predicted molar refractivity (Wildman–Crippen MR) is 65.8 cm³/mol. The Balaban J connectivity index is 2.36. The number of aromatic nitrogens is 2. The lowest BCUT2D eigenvalue weighted by molar-refractivity contribution is -0.142. The van der Waals surface area contributed by atoms with Gasteiger partial charge in [-0.1, -0.05) is 11.3 Å². The lowest BCUT2D eigenvalue weighted by Gasteiger charge is -2.10. The number of alkyl halides is 3. The highest BCUT2D eigenvalue weighted by molar-refractivity contribution is 7.14. The van der Waals surface area contributed by atoms with Crippen LogP contribution in [0.3, 0.4) is 0 Å². The highest BCUT2D eigenvalue weighted by Crippen LogP contribution is 2.38. The van der Waals surface area contributed by atoms with Crippen LogP contribution in [0.2, 0.25) is 0 Å². The zero-order valence-corrected chi connectivity index (χ0v) is 11.4. The van der Waals surface area contributed by atoms with E-state index in [1.807, 2.05) is 0 Å². The monoisotopic (exact) mass is 320 g/mol. The highest BCUT2D eigenvalue weighted by atomic mass is 32.1. The topological polar surface area (TPSA) is 52.1 Å². The quantitative estimate of drug-likeness (QED) is 0.642. The van der Waals surface area contributed by atoms with Crippen LogP contribution in [0.25, 0.3) is 10.6 Å². The summed E-state index contributed by atoms with van der Waals surface area (Å²) in [6.07, 6.45) is -4.71. The highest BCUT2D eigenvalue weighted by Gasteiger charge is 2.35. The van der Waals surface area contributed by atoms with Crippen LogP contribution in [0.15, 0.2) is 18.2 Å². The van der Waals surface area contributed by atoms with Gasteiger partial charge in [0.1, 0.15) is 17.4 Å². The Morgan fingerprint density at radius 3 is 2.67 bits per heavy atom. The minimum Gasteiger partial charge on any atom is -0.458 e. The molecule has 4 nitrogen and oxygen atoms in total. The summed E-state index contributed by atoms with van der Waals surface area (Å²) in [6, 6.07) is 2.31. The Morgan fingerprint density at radius 2 is 2.05 bits per heavy atom. The Bertz CT molecular complexity index is 670. The summed E-state index contributed by atoms with van der Waals surface area (Å²) in [7, 11) is 0. The molecule has 0 saturated heterocycles. The Labute approximate surface area is 120 Å². The molecule has 0 radical (unpaired) electrons. The van der Waals surface area contributed by atoms with Gasteiger partial charge in [0.05, 0.1) is 5.56 Å². The molecule has 0 saturated carbocycles. The van der Waals surface area contributed by atoms with Gasteiger partial charge in [-0.2, -0.15) is 13.2 Å². The Kier molecular flexibility index (Phi) is 4.21. The van der Waals surface area contributed by atoms with Gasteiger partial charge in [0.25, 0.3) is 0 Å². The molecule has 2 rings (SSSR count). The number of carbonyl (C=O) groups excluding carboxylic acids is 1. The minimum absolute atomic E-state index is 0.0236. The smallest absolute Gasteiger partial charge is 0.417 e. The van der Waals surface area contributed by atoms with E-state index in [0.717, 1.165) is 23.5 Å². The summed E-state index contributed by atoms with van der Waals surface area (Å²) in [6.45, 7) is 1.03. The molecular formula is C12H8F4N2O2S. The van der Waals surface area contributed by atoms with Gasteiger partial charge in [-0.25, -0.2) is 4.39 Å². The second-order valence-corrected chi connectivity index (χ2v) is 5.03. The van der Waals surface area contributed by atoms with Gasteiger partial charge in [-0.3, -0.25) is 4.79 Å². The van der Waals surface area contributed by atoms with Gasteiger partial charge >= 0.3 is 12.1 Å². The number of hydrogen-bond donors (Lipinski definition) is 0. The number of halogens is 4. The van der Waals surface area contributed by atoms with Crippen LogP contribution in [-0.4, -0.2) is 16.2 Å². The van der Waals surface area contributed by atoms with E-state index in [1.54, 1.807) is 0 Å². The van der Waals surface area contributed by atoms with Crippen molar-refractivity contribution in [2.24, 2.45) is 0 Å². The molecular weight excluding hydrogens is 312 g/mol. The first kappa shape index (κ1) is 15.4. The molecule has 1 aromatic heterocycles. The van der Waals surface area contributed by atoms with Crippen LogP contribution in [0.4, 0.5) is 17.6 Å². The van der Waals surface area contributed by atoms with Crippen molar-refractivity contribution in [2.75, 3.05) is 0 Å². The zero-order valence-electron chi connectivity index (χ0n) is 10.6. The van der Waals surface area contributed by atoms with Crippen molar-refractivity contribution in [3.05, 3.63) is 34.6 Å². The molecule has 0 aliphatic rings. The first-order valence-electron chi connectivity index (χ1n) is 5.60. The molecule has 0 unspecified atom stereocenters. The SMILES string of the molecule is CC(=O)OCc1nnc(-c2ccc(F)cc2C(F)(F)F)s1. The summed E-state index contributed by atoms with van der Waals surface area (Å²) in [4.78, 5) is 10.7. The van der Waals surface area contributed by atoms with E-state index in [9.17, 15) is 22.4 Å². The van der Waals surface area contributed by atoms with Crippen LogP contribution in [0, 0.1) is 5.82 Å². The fourth-order valence-electron chi connectivity index (χ4n) is 1.52. The van der Waals surface area contributed by atoms with Crippen molar-refractivity contribution in [3.8, 4) is 10.6 Å². The maximum absolute atomic E-state index is 13.0. The average molecular weight is 320 g/mol. The number of benzene rings is 1. The van der Waals surface area contributed by atoms with Crippen molar-refractivity contribution >= 4 is 17.3 Å². The molecule has 0 spiro atoms. The van der Waals surface area contributed by atoms with Crippen molar-refractivity contribution in [2.45, 2.75) is 19.7 Å². The third-order valence-electron chi connectivity index (χ3n) is 2.38. The molecule has 0 bridgehead atoms. The number of esters is 1. The maximum atomic E-state index is 13.0. The van der Waals surface area contributed by atoms with E-state index in [4.69, 9.17) is 0 Å². The van der Waals surface area contributed by atoms with Crippen LogP contribution in [0.5, 0.6) is 0 Å². The third-order valence-corrected chi connectivity index (χ3v) is 3.31. The van der Waals surface area contributed by atoms with Gasteiger partial charge in [0.15, 0.2) is 5.01 Å². The summed E-state index contributed by atoms with van der Waals surface area (Å²) >= 11 is 0.842. The molecule has 112 valence electrons. The fraction of sp³-hybridized carbons (Fsp3) is 0.250. The molecule has 0 atom stereocenters. The summed E-state index contributed by atoms with van der Waals surface area (Å²) in [5, 5.41) is 7.49. The summed E-state index contributed by atoms with van der Waals surface area (Å²) < 4.78 is 56.4. The van der Waals surface area contributed by atoms with Crippen molar-refractivity contribution in [3.63, 3.8) is 0 Å². The number of ether oxygens (including phenoxy) is 1. The molecule has 1 aromatic carbocycles. The standard InChI is InChI=1S/C12H8F4N2O2S/c1-6(19)20-5-10-17-18-11(21-10)8-3-2-7(13)4-9(8)12(14,15)16/h2-4H,5H2,1H3. The first-order valence-corrected chi connectivity index (χ1v) is 6.42. The second kappa shape index (κ2) is 5.76. The second-order valence-electron chi connectivity index (χ2n) is 3.97. The van der Waals surface area contributed by atoms with E-state index < -0.39 is 23.5 Å². The predicted octanol–water partition coefficient (Wildman–Crippen LogP) is 3.43. The molecule has 1 heterocycles. The van der Waals surface area contributed by atoms with E-state index in [1.165, 1.54) is 6.92 Å². The van der Waals surface area contributed by atoms with Crippen LogP contribution in [0.1, 0.15) is 17.5 Å². The molecule has 0 aliphatic carbocycles. The molecule has 0 amide bonds. The number of carbonyl (C=O) groups is 1. The van der Waals surface area contributed by atoms with E-state index in [-0.39, 0.29) is 22.2 Å². The van der Waals surface area contributed by atoms with Gasteiger partial charge in [0.2, 0.25) is 0 Å². The van der Waals surface area contributed by atoms with Gasteiger partial charge in [-0.05, 0) is 18.2 Å². The van der Waals surface area contributed by atoms with Crippen LogP contribution < -0.4 is 0 Å². The van der Waals surface area contributed by atoms with E-state index in [2.05, 4.69) is 14.9 Å². The lowest BCUT2D eigenvalue weighted by atomic mass is 10.1. The fourth-order valence-corrected chi connectivity index (χ4v) is 2.31. The molecule has 0 aliphatic heterocycles. The normalized spacial score (nSPS) is 11.5. The molecule has 0 fully saturated rings. The van der Waals surface area contributed by atoms with Crippen molar-refractivity contribution in [1.29, 1.82) is 0 Å². The summed E-state index contributed by atoms with van der Waals surface area (Å²) in [5.41, 5.74) is -1.40. The van der Waals surface area contributed by atoms with E-state index in [0.29, 0.717) is 6.07 Å². The molecule has 2 aromatic rings. The first-order chi connectivity index (χ1) is 9.77. The van der Waals surface area contributed by atoms with Crippen LogP contribution in [-0.2, 0) is 22.3 Å². The average Bonchev–Trinajstić information content (AvgIpc) is 2.84. The third kappa shape index (κ3) is 3.75. The van der Waals surface area contributed by atoms with E-state index >= 15 is 0 Å². The number of nitrogens with zero attached hydrogens (tertiary/aromatic N) is 2. The lowest BCUT2D eigenvalue weighted by Crippen LogP contribution is -2.07. The van der Waals surface area contributed by atoms with Crippen LogP contribution >= 0.6 is 11.3 Å². The van der Waals surface area contributed by atoms with Crippen molar-refractivity contribution < 1.29 is 27.1 Å². The zero-order chi connectivity index (χ0) is 15.6. The molecule has 21 heavy (non-hydrogen) atoms. The van der Waals surface area contributed by atoms with Gasteiger partial charge in [-0.15, -0.1) is 10.2 Å².